The first-order valence-corrected chi connectivity index (χ1v) is 11.8. The average Bonchev–Trinajstić information content (AvgIpc) is 3.42. The Bertz CT molecular complexity index is 1320. The van der Waals surface area contributed by atoms with Gasteiger partial charge in [0.15, 0.2) is 0 Å². The topological polar surface area (TPSA) is 105 Å². The molecule has 9 nitrogen and oxygen atoms in total. The molecule has 2 aliphatic rings. The van der Waals surface area contributed by atoms with Gasteiger partial charge in [0.2, 0.25) is 5.91 Å². The minimum Gasteiger partial charge on any atom is -0.494 e. The quantitative estimate of drug-likeness (QED) is 0.201. The van der Waals surface area contributed by atoms with E-state index in [0.717, 1.165) is 12.8 Å². The third-order valence-electron chi connectivity index (χ3n) is 6.31. The Morgan fingerprint density at radius 1 is 0.917 bits per heavy atom. The molecular weight excluding hydrogens is 460 g/mol. The summed E-state index contributed by atoms with van der Waals surface area (Å²) in [6.07, 6.45) is 1.96. The number of nitrogens with zero attached hydrogens (tertiary/aromatic N) is 4. The van der Waals surface area contributed by atoms with Gasteiger partial charge in [-0.1, -0.05) is 31.5 Å². The van der Waals surface area contributed by atoms with Crippen LogP contribution in [0, 0.1) is 16.0 Å². The first-order valence-electron chi connectivity index (χ1n) is 11.8. The molecule has 0 saturated carbocycles. The molecule has 2 heterocycles. The maximum absolute atomic E-state index is 13.7. The van der Waals surface area contributed by atoms with E-state index in [2.05, 4.69) is 12.0 Å². The van der Waals surface area contributed by atoms with Crippen LogP contribution in [0.3, 0.4) is 0 Å². The zero-order chi connectivity index (χ0) is 25.2. The number of unbranched alkanes of at least 4 members (excludes halogenated alkanes) is 1. The maximum atomic E-state index is 13.7. The molecule has 5 rings (SSSR count). The van der Waals surface area contributed by atoms with E-state index in [4.69, 9.17) is 4.74 Å². The van der Waals surface area contributed by atoms with E-state index in [-0.39, 0.29) is 17.5 Å². The number of benzene rings is 3. The number of nitro groups is 1. The molecule has 0 aromatic heterocycles. The van der Waals surface area contributed by atoms with Crippen LogP contribution in [0.2, 0.25) is 0 Å². The summed E-state index contributed by atoms with van der Waals surface area (Å²) in [5, 5.41) is 17.3. The van der Waals surface area contributed by atoms with E-state index in [1.807, 2.05) is 30.3 Å². The number of carbonyl (C=O) groups excluding carboxylic acids is 2. The van der Waals surface area contributed by atoms with Crippen LogP contribution < -0.4 is 14.6 Å². The minimum atomic E-state index is -0.856. The molecule has 2 aliphatic heterocycles. The first kappa shape index (κ1) is 23.2. The summed E-state index contributed by atoms with van der Waals surface area (Å²) in [6.45, 7) is 2.68. The molecule has 182 valence electrons. The van der Waals surface area contributed by atoms with Crippen molar-refractivity contribution >= 4 is 34.6 Å². The maximum Gasteiger partial charge on any atom is 0.269 e. The SMILES string of the molecule is CCCCOc1ccc(N2C(=O)[C@H]3C(c4ccc([N+](=O)[O-])cc4)=NN(c4ccccc4)[C@H]3C2=O)cc1. The Hall–Kier alpha value is -4.53. The summed E-state index contributed by atoms with van der Waals surface area (Å²) < 4.78 is 5.70. The minimum absolute atomic E-state index is 0.0643. The molecule has 1 fully saturated rings. The predicted octanol–water partition coefficient (Wildman–Crippen LogP) is 4.56. The second-order valence-corrected chi connectivity index (χ2v) is 8.60. The molecule has 3 aromatic carbocycles. The van der Waals surface area contributed by atoms with Crippen molar-refractivity contribution in [2.75, 3.05) is 16.5 Å². The number of hydrazone groups is 1. The van der Waals surface area contributed by atoms with E-state index in [9.17, 15) is 19.7 Å². The highest BCUT2D eigenvalue weighted by molar-refractivity contribution is 6.34. The van der Waals surface area contributed by atoms with Gasteiger partial charge in [-0.15, -0.1) is 0 Å². The van der Waals surface area contributed by atoms with Gasteiger partial charge < -0.3 is 4.74 Å². The second-order valence-electron chi connectivity index (χ2n) is 8.60. The van der Waals surface area contributed by atoms with Crippen LogP contribution in [0.4, 0.5) is 17.1 Å². The van der Waals surface area contributed by atoms with Crippen molar-refractivity contribution < 1.29 is 19.2 Å². The van der Waals surface area contributed by atoms with Crippen molar-refractivity contribution in [3.05, 3.63) is 94.5 Å². The van der Waals surface area contributed by atoms with Gasteiger partial charge in [-0.2, -0.15) is 5.10 Å². The van der Waals surface area contributed by atoms with E-state index >= 15 is 0 Å². The van der Waals surface area contributed by atoms with Crippen molar-refractivity contribution in [2.24, 2.45) is 11.0 Å². The number of amides is 2. The van der Waals surface area contributed by atoms with Crippen LogP contribution in [-0.2, 0) is 9.59 Å². The zero-order valence-corrected chi connectivity index (χ0v) is 19.6. The van der Waals surface area contributed by atoms with Crippen molar-refractivity contribution in [2.45, 2.75) is 25.8 Å². The monoisotopic (exact) mass is 484 g/mol. The number of imide groups is 1. The Kier molecular flexibility index (Phi) is 6.20. The zero-order valence-electron chi connectivity index (χ0n) is 19.6. The van der Waals surface area contributed by atoms with Gasteiger partial charge in [0.25, 0.3) is 11.6 Å². The average molecular weight is 485 g/mol. The molecule has 0 aliphatic carbocycles. The van der Waals surface area contributed by atoms with E-state index in [1.165, 1.54) is 17.0 Å². The van der Waals surface area contributed by atoms with Gasteiger partial charge in [-0.25, -0.2) is 4.90 Å². The van der Waals surface area contributed by atoms with Crippen LogP contribution in [-0.4, -0.2) is 35.1 Å². The molecule has 0 N–H and O–H groups in total. The Morgan fingerprint density at radius 2 is 1.61 bits per heavy atom. The number of nitro benzene ring substituents is 1. The molecule has 0 unspecified atom stereocenters. The van der Waals surface area contributed by atoms with Crippen molar-refractivity contribution in [3.63, 3.8) is 0 Å². The highest BCUT2D eigenvalue weighted by Crippen LogP contribution is 2.39. The van der Waals surface area contributed by atoms with E-state index < -0.39 is 16.9 Å². The van der Waals surface area contributed by atoms with Gasteiger partial charge in [0.1, 0.15) is 17.7 Å². The summed E-state index contributed by atoms with van der Waals surface area (Å²) in [5.74, 6) is -0.945. The molecule has 9 heteroatoms. The predicted molar refractivity (Wildman–Crippen MR) is 135 cm³/mol. The number of carbonyl (C=O) groups is 2. The van der Waals surface area contributed by atoms with Gasteiger partial charge in [-0.3, -0.25) is 24.7 Å². The van der Waals surface area contributed by atoms with Gasteiger partial charge in [0, 0.05) is 12.1 Å². The van der Waals surface area contributed by atoms with Crippen molar-refractivity contribution in [3.8, 4) is 5.75 Å². The molecule has 2 atom stereocenters. The molecule has 36 heavy (non-hydrogen) atoms. The summed E-state index contributed by atoms with van der Waals surface area (Å²) in [6, 6.07) is 21.1. The van der Waals surface area contributed by atoms with E-state index in [1.54, 1.807) is 41.4 Å². The number of ether oxygens (including phenoxy) is 1. The molecule has 0 spiro atoms. The molecular formula is C27H24N4O5. The first-order chi connectivity index (χ1) is 17.5. The summed E-state index contributed by atoms with van der Waals surface area (Å²) in [4.78, 5) is 39.2. The molecule has 0 bridgehead atoms. The fraction of sp³-hybridized carbons (Fsp3) is 0.222. The molecule has 1 saturated heterocycles. The number of fused-ring (bicyclic) bond motifs is 1. The van der Waals surface area contributed by atoms with Crippen molar-refractivity contribution in [1.82, 2.24) is 0 Å². The number of hydrogen-bond acceptors (Lipinski definition) is 7. The third kappa shape index (κ3) is 4.08. The number of anilines is 2. The van der Waals surface area contributed by atoms with Gasteiger partial charge in [0.05, 0.1) is 28.6 Å². The highest BCUT2D eigenvalue weighted by Gasteiger charge is 2.57. The van der Waals surface area contributed by atoms with Crippen LogP contribution in [0.15, 0.2) is 84.0 Å². The Balaban J connectivity index is 1.50. The standard InChI is InChI=1S/C27H24N4O5/c1-2-3-17-36-22-15-13-19(14-16-22)29-26(32)23-24(18-9-11-21(12-10-18)31(34)35)28-30(25(23)27(29)33)20-7-5-4-6-8-20/h4-16,23,25H,2-3,17H2,1H3/t23-,25+/m0/s1. The normalized spacial score (nSPS) is 18.9. The number of non-ortho nitro benzene ring substituents is 1. The Labute approximate surface area is 207 Å². The molecule has 0 radical (unpaired) electrons. The smallest absolute Gasteiger partial charge is 0.269 e. The lowest BCUT2D eigenvalue weighted by Crippen LogP contribution is -2.39. The Morgan fingerprint density at radius 3 is 2.25 bits per heavy atom. The summed E-state index contributed by atoms with van der Waals surface area (Å²) in [7, 11) is 0. The molecule has 3 aromatic rings. The van der Waals surface area contributed by atoms with Gasteiger partial charge >= 0.3 is 0 Å². The second kappa shape index (κ2) is 9.61. The van der Waals surface area contributed by atoms with Crippen LogP contribution in [0.1, 0.15) is 25.3 Å². The largest absolute Gasteiger partial charge is 0.494 e. The lowest BCUT2D eigenvalue weighted by Gasteiger charge is -2.22. The number of para-hydroxylation sites is 1. The van der Waals surface area contributed by atoms with Crippen LogP contribution >= 0.6 is 0 Å². The highest BCUT2D eigenvalue weighted by atomic mass is 16.6. The van der Waals surface area contributed by atoms with Crippen LogP contribution in [0.25, 0.3) is 0 Å². The number of hydrogen-bond donors (Lipinski definition) is 0. The third-order valence-corrected chi connectivity index (χ3v) is 6.31. The van der Waals surface area contributed by atoms with Crippen molar-refractivity contribution in [1.29, 1.82) is 0 Å². The fourth-order valence-corrected chi connectivity index (χ4v) is 4.48. The van der Waals surface area contributed by atoms with Crippen LogP contribution in [0.5, 0.6) is 5.75 Å². The van der Waals surface area contributed by atoms with E-state index in [0.29, 0.717) is 35.0 Å². The summed E-state index contributed by atoms with van der Waals surface area (Å²) >= 11 is 0. The lowest BCUT2D eigenvalue weighted by molar-refractivity contribution is -0.384. The van der Waals surface area contributed by atoms with Gasteiger partial charge in [-0.05, 0) is 60.5 Å². The number of rotatable bonds is 8. The summed E-state index contributed by atoms with van der Waals surface area (Å²) in [5.41, 5.74) is 2.02. The lowest BCUT2D eigenvalue weighted by atomic mass is 9.92. The molecule has 2 amide bonds. The fourth-order valence-electron chi connectivity index (χ4n) is 4.48.